The lowest BCUT2D eigenvalue weighted by Crippen LogP contribution is -2.29. The number of rotatable bonds is 5. The van der Waals surface area contributed by atoms with Crippen molar-refractivity contribution in [1.82, 2.24) is 10.2 Å². The van der Waals surface area contributed by atoms with E-state index in [1.165, 1.54) is 0 Å². The van der Waals surface area contributed by atoms with E-state index in [0.29, 0.717) is 12.0 Å². The van der Waals surface area contributed by atoms with E-state index in [2.05, 4.69) is 5.32 Å². The van der Waals surface area contributed by atoms with Crippen molar-refractivity contribution in [3.05, 3.63) is 59.5 Å². The number of imide groups is 1. The minimum atomic E-state index is -0.323. The smallest absolute Gasteiger partial charge is 0.254 e. The summed E-state index contributed by atoms with van der Waals surface area (Å²) in [5.74, 6) is -0.156. The van der Waals surface area contributed by atoms with E-state index >= 15 is 0 Å². The monoisotopic (exact) mass is 340 g/mol. The fourth-order valence-electron chi connectivity index (χ4n) is 2.94. The summed E-state index contributed by atoms with van der Waals surface area (Å²) in [6.45, 7) is 1.90. The number of nitrogens with one attached hydrogen (secondary N) is 1. The fourth-order valence-corrected chi connectivity index (χ4v) is 2.94. The van der Waals surface area contributed by atoms with Gasteiger partial charge in [-0.25, -0.2) is 0 Å². The summed E-state index contributed by atoms with van der Waals surface area (Å²) in [5, 5.41) is 2.31. The molecule has 1 saturated heterocycles. The van der Waals surface area contributed by atoms with Crippen molar-refractivity contribution >= 4 is 17.7 Å². The maximum atomic E-state index is 12.6. The van der Waals surface area contributed by atoms with Crippen LogP contribution in [0, 0.1) is 5.92 Å². The third-order valence-electron chi connectivity index (χ3n) is 4.60. The van der Waals surface area contributed by atoms with E-state index in [1.807, 2.05) is 25.1 Å². The fraction of sp³-hybridized carbons (Fsp3) is 0.316. The number of hydrogen-bond acceptors (Lipinski definition) is 4. The van der Waals surface area contributed by atoms with Gasteiger partial charge in [-0.15, -0.1) is 0 Å². The van der Waals surface area contributed by atoms with Gasteiger partial charge < -0.3 is 9.32 Å². The lowest BCUT2D eigenvalue weighted by Gasteiger charge is -2.23. The van der Waals surface area contributed by atoms with E-state index in [4.69, 9.17) is 4.42 Å². The van der Waals surface area contributed by atoms with Crippen molar-refractivity contribution in [2.45, 2.75) is 25.8 Å². The number of hydrogen-bond donors (Lipinski definition) is 1. The number of carbonyl (C=O) groups is 3. The Morgan fingerprint density at radius 1 is 1.28 bits per heavy atom. The molecule has 0 spiro atoms. The van der Waals surface area contributed by atoms with Crippen LogP contribution in [0.1, 0.15) is 41.1 Å². The summed E-state index contributed by atoms with van der Waals surface area (Å²) in [7, 11) is 1.73. The van der Waals surface area contributed by atoms with Gasteiger partial charge in [-0.1, -0.05) is 12.1 Å². The molecule has 3 amide bonds. The Morgan fingerprint density at radius 2 is 2.00 bits per heavy atom. The quantitative estimate of drug-likeness (QED) is 0.847. The van der Waals surface area contributed by atoms with Crippen molar-refractivity contribution in [2.24, 2.45) is 5.92 Å². The highest BCUT2D eigenvalue weighted by Crippen LogP contribution is 2.22. The first-order chi connectivity index (χ1) is 12.0. The molecule has 2 atom stereocenters. The summed E-state index contributed by atoms with van der Waals surface area (Å²) in [6.07, 6.45) is 2.30. The molecule has 1 fully saturated rings. The van der Waals surface area contributed by atoms with E-state index in [9.17, 15) is 14.4 Å². The summed E-state index contributed by atoms with van der Waals surface area (Å²) in [6, 6.07) is 10.6. The van der Waals surface area contributed by atoms with Crippen LogP contribution in [0.2, 0.25) is 0 Å². The van der Waals surface area contributed by atoms with Crippen molar-refractivity contribution in [1.29, 1.82) is 0 Å². The minimum Gasteiger partial charge on any atom is -0.467 e. The summed E-state index contributed by atoms with van der Waals surface area (Å²) >= 11 is 0. The lowest BCUT2D eigenvalue weighted by atomic mass is 9.97. The second-order valence-corrected chi connectivity index (χ2v) is 6.32. The first-order valence-corrected chi connectivity index (χ1v) is 8.19. The third kappa shape index (κ3) is 3.63. The molecule has 1 aromatic heterocycles. The van der Waals surface area contributed by atoms with E-state index in [1.54, 1.807) is 36.4 Å². The predicted molar refractivity (Wildman–Crippen MR) is 90.6 cm³/mol. The molecular weight excluding hydrogens is 320 g/mol. The Labute approximate surface area is 145 Å². The Kier molecular flexibility index (Phi) is 4.70. The van der Waals surface area contributed by atoms with Crippen LogP contribution < -0.4 is 5.32 Å². The molecule has 0 saturated carbocycles. The standard InChI is InChI=1S/C19H20N2O4/c1-12(16-4-3-9-25-16)21(2)19(24)14-7-5-13(6-8-14)10-15-11-17(22)20-18(15)23/h3-9,12,15H,10-11H2,1-2H3,(H,20,22,23). The zero-order chi connectivity index (χ0) is 18.0. The maximum absolute atomic E-state index is 12.6. The highest BCUT2D eigenvalue weighted by molar-refractivity contribution is 6.03. The second kappa shape index (κ2) is 6.93. The molecule has 1 N–H and O–H groups in total. The van der Waals surface area contributed by atoms with Crippen molar-refractivity contribution in [3.8, 4) is 0 Å². The minimum absolute atomic E-state index is 0.107. The highest BCUT2D eigenvalue weighted by Gasteiger charge is 2.30. The lowest BCUT2D eigenvalue weighted by molar-refractivity contribution is -0.125. The number of nitrogens with zero attached hydrogens (tertiary/aromatic N) is 1. The van der Waals surface area contributed by atoms with Crippen molar-refractivity contribution in [2.75, 3.05) is 7.05 Å². The van der Waals surface area contributed by atoms with E-state index in [0.717, 1.165) is 11.3 Å². The molecule has 2 aromatic rings. The summed E-state index contributed by atoms with van der Waals surface area (Å²) in [4.78, 5) is 37.1. The average molecular weight is 340 g/mol. The van der Waals surface area contributed by atoms with E-state index in [-0.39, 0.29) is 36.1 Å². The Hall–Kier alpha value is -2.89. The molecule has 1 aliphatic heterocycles. The van der Waals surface area contributed by atoms with Gasteiger partial charge in [0.1, 0.15) is 5.76 Å². The number of amides is 3. The molecule has 6 nitrogen and oxygen atoms in total. The van der Waals surface area contributed by atoms with Gasteiger partial charge in [-0.05, 0) is 43.2 Å². The third-order valence-corrected chi connectivity index (χ3v) is 4.60. The highest BCUT2D eigenvalue weighted by atomic mass is 16.3. The van der Waals surface area contributed by atoms with Crippen LogP contribution >= 0.6 is 0 Å². The molecule has 1 aromatic carbocycles. The number of benzene rings is 1. The molecule has 2 unspecified atom stereocenters. The molecule has 3 rings (SSSR count). The number of carbonyl (C=O) groups excluding carboxylic acids is 3. The van der Waals surface area contributed by atoms with Gasteiger partial charge >= 0.3 is 0 Å². The molecule has 2 heterocycles. The molecule has 6 heteroatoms. The van der Waals surface area contributed by atoms with Crippen LogP contribution in [0.25, 0.3) is 0 Å². The first-order valence-electron chi connectivity index (χ1n) is 8.19. The Balaban J connectivity index is 1.66. The molecule has 0 aliphatic carbocycles. The van der Waals surface area contributed by atoms with Crippen molar-refractivity contribution in [3.63, 3.8) is 0 Å². The van der Waals surface area contributed by atoms with Gasteiger partial charge in [-0.3, -0.25) is 19.7 Å². The van der Waals surface area contributed by atoms with Crippen LogP contribution in [0.15, 0.2) is 47.1 Å². The van der Waals surface area contributed by atoms with E-state index < -0.39 is 0 Å². The first kappa shape index (κ1) is 17.0. The van der Waals surface area contributed by atoms with Crippen LogP contribution in [0.5, 0.6) is 0 Å². The zero-order valence-corrected chi connectivity index (χ0v) is 14.2. The SMILES string of the molecule is CC(c1ccco1)N(C)C(=O)c1ccc(CC2CC(=O)NC2=O)cc1. The topological polar surface area (TPSA) is 79.6 Å². The molecule has 130 valence electrons. The zero-order valence-electron chi connectivity index (χ0n) is 14.2. The Bertz CT molecular complexity index is 780. The summed E-state index contributed by atoms with van der Waals surface area (Å²) < 4.78 is 5.36. The average Bonchev–Trinajstić information content (AvgIpc) is 3.24. The summed E-state index contributed by atoms with van der Waals surface area (Å²) in [5.41, 5.74) is 1.49. The van der Waals surface area contributed by atoms with Gasteiger partial charge in [0.15, 0.2) is 0 Å². The van der Waals surface area contributed by atoms with Gasteiger partial charge in [0, 0.05) is 19.0 Å². The van der Waals surface area contributed by atoms with Crippen LogP contribution in [0.3, 0.4) is 0 Å². The predicted octanol–water partition coefficient (Wildman–Crippen LogP) is 2.32. The molecule has 0 radical (unpaired) electrons. The van der Waals surface area contributed by atoms with Crippen molar-refractivity contribution < 1.29 is 18.8 Å². The Morgan fingerprint density at radius 3 is 2.56 bits per heavy atom. The van der Waals surface area contributed by atoms with Gasteiger partial charge in [-0.2, -0.15) is 0 Å². The molecule has 0 bridgehead atoms. The van der Waals surface area contributed by atoms with Gasteiger partial charge in [0.25, 0.3) is 5.91 Å². The van der Waals surface area contributed by atoms with Crippen LogP contribution in [0.4, 0.5) is 0 Å². The van der Waals surface area contributed by atoms with Gasteiger partial charge in [0.2, 0.25) is 11.8 Å². The molecule has 1 aliphatic rings. The largest absolute Gasteiger partial charge is 0.467 e. The normalized spacial score (nSPS) is 18.1. The van der Waals surface area contributed by atoms with Crippen LogP contribution in [-0.2, 0) is 16.0 Å². The second-order valence-electron chi connectivity index (χ2n) is 6.32. The molecule has 25 heavy (non-hydrogen) atoms. The molecular formula is C19H20N2O4. The maximum Gasteiger partial charge on any atom is 0.254 e. The van der Waals surface area contributed by atoms with Crippen LogP contribution in [-0.4, -0.2) is 29.7 Å². The van der Waals surface area contributed by atoms with Gasteiger partial charge in [0.05, 0.1) is 18.2 Å². The number of furan rings is 1.